The zero-order chi connectivity index (χ0) is 10.0. The van der Waals surface area contributed by atoms with Gasteiger partial charge < -0.3 is 9.47 Å². The summed E-state index contributed by atoms with van der Waals surface area (Å²) < 4.78 is 2.75. The Kier molecular flexibility index (Phi) is 3.14. The largest absolute Gasteiger partial charge is 0.345 e. The van der Waals surface area contributed by atoms with E-state index in [9.17, 15) is 4.79 Å². The van der Waals surface area contributed by atoms with Crippen molar-refractivity contribution in [3.63, 3.8) is 0 Å². The fourth-order valence-electron chi connectivity index (χ4n) is 1.08. The van der Waals surface area contributed by atoms with Gasteiger partial charge in [0.15, 0.2) is 0 Å². The van der Waals surface area contributed by atoms with Crippen LogP contribution in [0.25, 0.3) is 0 Å². The zero-order valence-corrected chi connectivity index (χ0v) is 9.63. The van der Waals surface area contributed by atoms with Crippen LogP contribution >= 0.6 is 15.9 Å². The van der Waals surface area contributed by atoms with E-state index in [2.05, 4.69) is 15.9 Å². The lowest BCUT2D eigenvalue weighted by molar-refractivity contribution is 0.0793. The number of carbonyl (C=O) groups is 1. The molecule has 0 spiro atoms. The van der Waals surface area contributed by atoms with E-state index in [-0.39, 0.29) is 5.91 Å². The van der Waals surface area contributed by atoms with Crippen molar-refractivity contribution in [2.45, 2.75) is 6.92 Å². The second-order valence-corrected chi connectivity index (χ2v) is 3.89. The maximum absolute atomic E-state index is 11.7. The highest BCUT2D eigenvalue weighted by molar-refractivity contribution is 9.10. The van der Waals surface area contributed by atoms with E-state index in [1.807, 2.05) is 30.8 Å². The van der Waals surface area contributed by atoms with Crippen LogP contribution in [0, 0.1) is 0 Å². The smallest absolute Gasteiger partial charge is 0.270 e. The summed E-state index contributed by atoms with van der Waals surface area (Å²) in [7, 11) is 3.66. The Morgan fingerprint density at radius 1 is 1.69 bits per heavy atom. The maximum Gasteiger partial charge on any atom is 0.270 e. The predicted octanol–water partition coefficient (Wildman–Crippen LogP) is 1.88. The van der Waals surface area contributed by atoms with Gasteiger partial charge in [0, 0.05) is 31.3 Å². The van der Waals surface area contributed by atoms with E-state index in [1.54, 1.807) is 11.9 Å². The highest BCUT2D eigenvalue weighted by Crippen LogP contribution is 2.14. The molecule has 0 aliphatic carbocycles. The van der Waals surface area contributed by atoms with E-state index in [0.717, 1.165) is 11.0 Å². The third-order valence-corrected chi connectivity index (χ3v) is 2.45. The van der Waals surface area contributed by atoms with Gasteiger partial charge in [0.1, 0.15) is 5.69 Å². The zero-order valence-electron chi connectivity index (χ0n) is 8.04. The first-order valence-corrected chi connectivity index (χ1v) is 4.93. The van der Waals surface area contributed by atoms with Crippen LogP contribution in [-0.4, -0.2) is 29.0 Å². The molecule has 0 unspecified atom stereocenters. The number of hydrogen-bond donors (Lipinski definition) is 0. The molecular weight excluding hydrogens is 232 g/mol. The molecule has 0 aliphatic heterocycles. The van der Waals surface area contributed by atoms with Crippen molar-refractivity contribution in [3.05, 3.63) is 22.4 Å². The first kappa shape index (κ1) is 10.3. The first-order chi connectivity index (χ1) is 6.06. The van der Waals surface area contributed by atoms with Gasteiger partial charge >= 0.3 is 0 Å². The van der Waals surface area contributed by atoms with Crippen LogP contribution in [0.2, 0.25) is 0 Å². The molecule has 0 aliphatic rings. The standard InChI is InChI=1S/C9H13BrN2O/c1-4-11(2)9(13)8-5-7(10)6-12(8)3/h5-6H,4H2,1-3H3. The second-order valence-electron chi connectivity index (χ2n) is 2.97. The fraction of sp³-hybridized carbons (Fsp3) is 0.444. The van der Waals surface area contributed by atoms with E-state index >= 15 is 0 Å². The Bertz CT molecular complexity index is 319. The summed E-state index contributed by atoms with van der Waals surface area (Å²) in [4.78, 5) is 13.4. The minimum absolute atomic E-state index is 0.0516. The molecule has 72 valence electrons. The normalized spacial score (nSPS) is 10.2. The lowest BCUT2D eigenvalue weighted by Gasteiger charge is -2.14. The number of aromatic nitrogens is 1. The molecule has 1 aromatic heterocycles. The summed E-state index contributed by atoms with van der Waals surface area (Å²) in [6.07, 6.45) is 1.87. The first-order valence-electron chi connectivity index (χ1n) is 4.13. The SMILES string of the molecule is CCN(C)C(=O)c1cc(Br)cn1C. The molecule has 1 rings (SSSR count). The highest BCUT2D eigenvalue weighted by atomic mass is 79.9. The minimum Gasteiger partial charge on any atom is -0.345 e. The number of hydrogen-bond acceptors (Lipinski definition) is 1. The van der Waals surface area contributed by atoms with Crippen molar-refractivity contribution in [1.29, 1.82) is 0 Å². The Balaban J connectivity index is 2.94. The number of halogens is 1. The van der Waals surface area contributed by atoms with Crippen LogP contribution in [0.5, 0.6) is 0 Å². The Hall–Kier alpha value is -0.770. The van der Waals surface area contributed by atoms with Crippen molar-refractivity contribution in [2.24, 2.45) is 7.05 Å². The number of amides is 1. The Morgan fingerprint density at radius 3 is 2.69 bits per heavy atom. The average molecular weight is 245 g/mol. The van der Waals surface area contributed by atoms with Gasteiger partial charge in [-0.25, -0.2) is 0 Å². The molecule has 0 saturated carbocycles. The van der Waals surface area contributed by atoms with Crippen LogP contribution in [0.15, 0.2) is 16.7 Å². The van der Waals surface area contributed by atoms with E-state index in [1.165, 1.54) is 0 Å². The van der Waals surface area contributed by atoms with E-state index in [0.29, 0.717) is 5.69 Å². The Morgan fingerprint density at radius 2 is 2.31 bits per heavy atom. The van der Waals surface area contributed by atoms with Gasteiger partial charge in [-0.3, -0.25) is 4.79 Å². The number of nitrogens with zero attached hydrogens (tertiary/aromatic N) is 2. The summed E-state index contributed by atoms with van der Waals surface area (Å²) in [5.41, 5.74) is 0.705. The van der Waals surface area contributed by atoms with E-state index in [4.69, 9.17) is 0 Å². The third kappa shape index (κ3) is 2.12. The molecule has 0 N–H and O–H groups in total. The number of carbonyl (C=O) groups excluding carboxylic acids is 1. The van der Waals surface area contributed by atoms with Crippen LogP contribution < -0.4 is 0 Å². The molecule has 1 heterocycles. The van der Waals surface area contributed by atoms with Crippen molar-refractivity contribution in [1.82, 2.24) is 9.47 Å². The molecule has 0 saturated heterocycles. The second kappa shape index (κ2) is 3.96. The predicted molar refractivity (Wildman–Crippen MR) is 55.7 cm³/mol. The quantitative estimate of drug-likeness (QED) is 0.780. The molecule has 1 amide bonds. The van der Waals surface area contributed by atoms with Crippen molar-refractivity contribution in [2.75, 3.05) is 13.6 Å². The van der Waals surface area contributed by atoms with E-state index < -0.39 is 0 Å². The molecular formula is C9H13BrN2O. The van der Waals surface area contributed by atoms with Gasteiger partial charge in [-0.2, -0.15) is 0 Å². The minimum atomic E-state index is 0.0516. The molecule has 4 heteroatoms. The highest BCUT2D eigenvalue weighted by Gasteiger charge is 2.13. The van der Waals surface area contributed by atoms with Gasteiger partial charge in [0.25, 0.3) is 5.91 Å². The van der Waals surface area contributed by atoms with Crippen molar-refractivity contribution >= 4 is 21.8 Å². The van der Waals surface area contributed by atoms with Crippen molar-refractivity contribution < 1.29 is 4.79 Å². The molecule has 0 radical (unpaired) electrons. The summed E-state index contributed by atoms with van der Waals surface area (Å²) >= 11 is 3.33. The van der Waals surface area contributed by atoms with Crippen LogP contribution in [-0.2, 0) is 7.05 Å². The summed E-state index contributed by atoms with van der Waals surface area (Å²) in [5.74, 6) is 0.0516. The van der Waals surface area contributed by atoms with Crippen molar-refractivity contribution in [3.8, 4) is 0 Å². The lowest BCUT2D eigenvalue weighted by Crippen LogP contribution is -2.27. The van der Waals surface area contributed by atoms with Gasteiger partial charge in [0.05, 0.1) is 0 Å². The summed E-state index contributed by atoms with van der Waals surface area (Å²) in [5, 5.41) is 0. The third-order valence-electron chi connectivity index (χ3n) is 2.01. The Labute approximate surface area is 86.5 Å². The lowest BCUT2D eigenvalue weighted by atomic mass is 10.4. The van der Waals surface area contributed by atoms with Gasteiger partial charge in [-0.15, -0.1) is 0 Å². The van der Waals surface area contributed by atoms with Gasteiger partial charge in [-0.05, 0) is 28.9 Å². The molecule has 13 heavy (non-hydrogen) atoms. The van der Waals surface area contributed by atoms with Gasteiger partial charge in [0.2, 0.25) is 0 Å². The molecule has 1 aromatic rings. The molecule has 0 fully saturated rings. The fourth-order valence-corrected chi connectivity index (χ4v) is 1.60. The summed E-state index contributed by atoms with van der Waals surface area (Å²) in [6, 6.07) is 1.83. The van der Waals surface area contributed by atoms with Crippen LogP contribution in [0.4, 0.5) is 0 Å². The van der Waals surface area contributed by atoms with Crippen LogP contribution in [0.3, 0.4) is 0 Å². The molecule has 3 nitrogen and oxygen atoms in total. The molecule has 0 atom stereocenters. The van der Waals surface area contributed by atoms with Crippen LogP contribution in [0.1, 0.15) is 17.4 Å². The topological polar surface area (TPSA) is 25.2 Å². The molecule has 0 aromatic carbocycles. The number of rotatable bonds is 2. The average Bonchev–Trinajstić information content (AvgIpc) is 2.42. The number of aryl methyl sites for hydroxylation is 1. The van der Waals surface area contributed by atoms with Gasteiger partial charge in [-0.1, -0.05) is 0 Å². The maximum atomic E-state index is 11.7. The summed E-state index contributed by atoms with van der Waals surface area (Å²) in [6.45, 7) is 2.68. The monoisotopic (exact) mass is 244 g/mol. The molecule has 0 bridgehead atoms.